The van der Waals surface area contributed by atoms with Crippen molar-refractivity contribution in [3.8, 4) is 0 Å². The van der Waals surface area contributed by atoms with Gasteiger partial charge in [-0.1, -0.05) is 6.92 Å². The average molecular weight is 265 g/mol. The number of piperidine rings is 1. The van der Waals surface area contributed by atoms with Crippen molar-refractivity contribution in [3.63, 3.8) is 0 Å². The third kappa shape index (κ3) is 3.29. The molecule has 0 aromatic heterocycles. The summed E-state index contributed by atoms with van der Waals surface area (Å²) in [5.41, 5.74) is 0. The van der Waals surface area contributed by atoms with Crippen LogP contribution in [0.5, 0.6) is 0 Å². The largest absolute Gasteiger partial charge is 0.341 e. The second kappa shape index (κ2) is 5.80. The van der Waals surface area contributed by atoms with Gasteiger partial charge in [0.15, 0.2) is 0 Å². The Hall–Kier alpha value is -0.610. The van der Waals surface area contributed by atoms with E-state index in [9.17, 15) is 4.79 Å². The molecule has 4 heteroatoms. The summed E-state index contributed by atoms with van der Waals surface area (Å²) in [6, 6.07) is 1.33. The number of carbonyl (C=O) groups excluding carboxylic acids is 1. The van der Waals surface area contributed by atoms with E-state index in [0.717, 1.165) is 26.2 Å². The van der Waals surface area contributed by atoms with Crippen LogP contribution in [0.3, 0.4) is 0 Å². The zero-order valence-electron chi connectivity index (χ0n) is 12.1. The molecule has 3 fully saturated rings. The highest BCUT2D eigenvalue weighted by Gasteiger charge is 2.31. The lowest BCUT2D eigenvalue weighted by Crippen LogP contribution is -2.46. The monoisotopic (exact) mass is 265 g/mol. The van der Waals surface area contributed by atoms with Crippen LogP contribution in [0.2, 0.25) is 0 Å². The summed E-state index contributed by atoms with van der Waals surface area (Å²) in [6.45, 7) is 6.99. The average Bonchev–Trinajstić information content (AvgIpc) is 2.72. The lowest BCUT2D eigenvalue weighted by atomic mass is 10.0. The van der Waals surface area contributed by atoms with Gasteiger partial charge in [-0.2, -0.15) is 0 Å². The molecule has 2 bridgehead atoms. The van der Waals surface area contributed by atoms with Crippen LogP contribution in [0.1, 0.15) is 39.0 Å². The van der Waals surface area contributed by atoms with Gasteiger partial charge in [0.2, 0.25) is 5.91 Å². The maximum Gasteiger partial charge on any atom is 0.236 e. The van der Waals surface area contributed by atoms with Crippen LogP contribution in [0.15, 0.2) is 0 Å². The fraction of sp³-hybridized carbons (Fsp3) is 0.933. The highest BCUT2D eigenvalue weighted by atomic mass is 16.2. The molecule has 108 valence electrons. The van der Waals surface area contributed by atoms with E-state index >= 15 is 0 Å². The lowest BCUT2D eigenvalue weighted by molar-refractivity contribution is -0.134. The maximum atomic E-state index is 12.4. The summed E-state index contributed by atoms with van der Waals surface area (Å²) in [5, 5.41) is 3.68. The van der Waals surface area contributed by atoms with Crippen LogP contribution >= 0.6 is 0 Å². The molecule has 1 amide bonds. The Morgan fingerprint density at radius 2 is 1.95 bits per heavy atom. The van der Waals surface area contributed by atoms with Crippen molar-refractivity contribution in [2.24, 2.45) is 5.92 Å². The lowest BCUT2D eigenvalue weighted by Gasteiger charge is -2.33. The second-order valence-electron chi connectivity index (χ2n) is 6.75. The van der Waals surface area contributed by atoms with E-state index in [-0.39, 0.29) is 0 Å². The second-order valence-corrected chi connectivity index (χ2v) is 6.75. The van der Waals surface area contributed by atoms with Crippen molar-refractivity contribution in [1.29, 1.82) is 0 Å². The van der Waals surface area contributed by atoms with Gasteiger partial charge in [-0.3, -0.25) is 9.69 Å². The fourth-order valence-corrected chi connectivity index (χ4v) is 3.87. The van der Waals surface area contributed by atoms with Gasteiger partial charge in [-0.15, -0.1) is 0 Å². The molecule has 4 nitrogen and oxygen atoms in total. The molecule has 19 heavy (non-hydrogen) atoms. The molecule has 0 spiro atoms. The number of amides is 1. The molecule has 0 aromatic rings. The molecule has 0 aromatic carbocycles. The smallest absolute Gasteiger partial charge is 0.236 e. The van der Waals surface area contributed by atoms with Crippen molar-refractivity contribution in [2.45, 2.75) is 51.1 Å². The minimum atomic E-state index is 0.351. The Bertz CT molecular complexity index is 333. The van der Waals surface area contributed by atoms with E-state index in [0.29, 0.717) is 30.5 Å². The quantitative estimate of drug-likeness (QED) is 0.811. The molecule has 3 heterocycles. The van der Waals surface area contributed by atoms with Crippen LogP contribution in [-0.2, 0) is 4.79 Å². The molecular formula is C15H27N3O. The predicted molar refractivity (Wildman–Crippen MR) is 76.0 cm³/mol. The molecule has 3 atom stereocenters. The number of carbonyl (C=O) groups is 1. The minimum Gasteiger partial charge on any atom is -0.341 e. The van der Waals surface area contributed by atoms with Crippen LogP contribution in [-0.4, -0.2) is 60.5 Å². The molecule has 3 saturated heterocycles. The Morgan fingerprint density at radius 1 is 1.11 bits per heavy atom. The van der Waals surface area contributed by atoms with Gasteiger partial charge in [0.05, 0.1) is 6.54 Å². The Labute approximate surface area is 116 Å². The molecule has 3 aliphatic heterocycles. The van der Waals surface area contributed by atoms with Crippen LogP contribution in [0.25, 0.3) is 0 Å². The minimum absolute atomic E-state index is 0.351. The van der Waals surface area contributed by atoms with Crippen LogP contribution in [0.4, 0.5) is 0 Å². The number of rotatable bonds is 2. The number of hydrogen-bond acceptors (Lipinski definition) is 3. The molecule has 0 radical (unpaired) electrons. The van der Waals surface area contributed by atoms with Gasteiger partial charge in [-0.25, -0.2) is 0 Å². The van der Waals surface area contributed by atoms with E-state index in [4.69, 9.17) is 0 Å². The third-order valence-electron chi connectivity index (χ3n) is 4.98. The van der Waals surface area contributed by atoms with Gasteiger partial charge < -0.3 is 10.2 Å². The van der Waals surface area contributed by atoms with Crippen LogP contribution in [0, 0.1) is 5.92 Å². The number of hydrogen-bond donors (Lipinski definition) is 1. The Kier molecular flexibility index (Phi) is 4.08. The Morgan fingerprint density at radius 3 is 2.79 bits per heavy atom. The summed E-state index contributed by atoms with van der Waals surface area (Å²) in [5.74, 6) is 1.03. The van der Waals surface area contributed by atoms with E-state index in [1.807, 2.05) is 0 Å². The van der Waals surface area contributed by atoms with Gasteiger partial charge >= 0.3 is 0 Å². The molecule has 0 aliphatic carbocycles. The topological polar surface area (TPSA) is 35.6 Å². The van der Waals surface area contributed by atoms with Gasteiger partial charge in [0.25, 0.3) is 0 Å². The van der Waals surface area contributed by atoms with Crippen molar-refractivity contribution in [2.75, 3.05) is 32.7 Å². The number of fused-ring (bicyclic) bond motifs is 2. The molecule has 1 N–H and O–H groups in total. The van der Waals surface area contributed by atoms with Gasteiger partial charge in [0.1, 0.15) is 0 Å². The van der Waals surface area contributed by atoms with Crippen LogP contribution < -0.4 is 5.32 Å². The SMILES string of the molecule is CC1CCCN(C(=O)CN2CCC3CCC(C2)N3)C1. The summed E-state index contributed by atoms with van der Waals surface area (Å²) in [4.78, 5) is 16.9. The zero-order chi connectivity index (χ0) is 13.2. The Balaban J connectivity index is 1.51. The molecule has 3 unspecified atom stereocenters. The van der Waals surface area contributed by atoms with E-state index in [1.54, 1.807) is 0 Å². The first-order valence-electron chi connectivity index (χ1n) is 7.97. The maximum absolute atomic E-state index is 12.4. The zero-order valence-corrected chi connectivity index (χ0v) is 12.1. The predicted octanol–water partition coefficient (Wildman–Crippen LogP) is 1.07. The first-order valence-corrected chi connectivity index (χ1v) is 7.97. The molecule has 3 rings (SSSR count). The highest BCUT2D eigenvalue weighted by molar-refractivity contribution is 5.78. The number of nitrogens with zero attached hydrogens (tertiary/aromatic N) is 2. The normalized spacial score (nSPS) is 36.3. The third-order valence-corrected chi connectivity index (χ3v) is 4.98. The van der Waals surface area contributed by atoms with Crippen molar-refractivity contribution < 1.29 is 4.79 Å². The van der Waals surface area contributed by atoms with Gasteiger partial charge in [0, 0.05) is 38.3 Å². The van der Waals surface area contributed by atoms with Gasteiger partial charge in [-0.05, 0) is 38.0 Å². The first-order chi connectivity index (χ1) is 9.20. The summed E-state index contributed by atoms with van der Waals surface area (Å²) in [6.07, 6.45) is 6.28. The van der Waals surface area contributed by atoms with Crippen molar-refractivity contribution in [1.82, 2.24) is 15.1 Å². The van der Waals surface area contributed by atoms with Crippen molar-refractivity contribution in [3.05, 3.63) is 0 Å². The fourth-order valence-electron chi connectivity index (χ4n) is 3.87. The standard InChI is InChI=1S/C15H27N3O/c1-12-3-2-7-18(9-12)15(19)11-17-8-6-13-4-5-14(10-17)16-13/h12-14,16H,2-11H2,1H3. The molecular weight excluding hydrogens is 238 g/mol. The highest BCUT2D eigenvalue weighted by Crippen LogP contribution is 2.21. The summed E-state index contributed by atoms with van der Waals surface area (Å²) >= 11 is 0. The van der Waals surface area contributed by atoms with Crippen molar-refractivity contribution >= 4 is 5.91 Å². The van der Waals surface area contributed by atoms with E-state index < -0.39 is 0 Å². The number of likely N-dealkylation sites (tertiary alicyclic amines) is 2. The number of nitrogens with one attached hydrogen (secondary N) is 1. The first kappa shape index (κ1) is 13.4. The molecule has 0 saturated carbocycles. The van der Waals surface area contributed by atoms with E-state index in [1.165, 1.54) is 32.1 Å². The summed E-state index contributed by atoms with van der Waals surface area (Å²) in [7, 11) is 0. The summed E-state index contributed by atoms with van der Waals surface area (Å²) < 4.78 is 0. The van der Waals surface area contributed by atoms with E-state index in [2.05, 4.69) is 22.0 Å². The molecule has 3 aliphatic rings.